The van der Waals surface area contributed by atoms with Crippen molar-refractivity contribution in [2.45, 2.75) is 6.42 Å². The lowest BCUT2D eigenvalue weighted by atomic mass is 10.2. The predicted octanol–water partition coefficient (Wildman–Crippen LogP) is 2.29. The normalized spacial score (nSPS) is 17.0. The molecule has 7 heteroatoms. The van der Waals surface area contributed by atoms with E-state index in [4.69, 9.17) is 4.74 Å². The van der Waals surface area contributed by atoms with E-state index < -0.39 is 0 Å². The van der Waals surface area contributed by atoms with Gasteiger partial charge in [0.2, 0.25) is 11.8 Å². The summed E-state index contributed by atoms with van der Waals surface area (Å²) in [6.07, 6.45) is 0.239. The number of hydrogen-bond acceptors (Lipinski definition) is 4. The van der Waals surface area contributed by atoms with Crippen molar-refractivity contribution in [3.8, 4) is 5.75 Å². The number of nitrogens with zero attached hydrogens (tertiary/aromatic N) is 3. The lowest BCUT2D eigenvalue weighted by molar-refractivity contribution is -0.131. The molecule has 0 unspecified atom stereocenters. The highest BCUT2D eigenvalue weighted by molar-refractivity contribution is 6.00. The summed E-state index contributed by atoms with van der Waals surface area (Å²) < 4.78 is 19.6. The minimum absolute atomic E-state index is 0.0150. The zero-order valence-corrected chi connectivity index (χ0v) is 15.5. The van der Waals surface area contributed by atoms with E-state index in [0.717, 1.165) is 0 Å². The topological polar surface area (TPSA) is 53.1 Å². The average Bonchev–Trinajstić information content (AvgIpc) is 2.87. The fourth-order valence-electron chi connectivity index (χ4n) is 3.63. The standard InChI is InChI=1S/C21H22FN3O3/c22-16-5-1-2-6-17(16)23-10-12-24(13-11-23)21(27)15-25-18-7-3-4-8-19(18)28-14-9-20(25)26/h1-8H,9-15H2. The third kappa shape index (κ3) is 3.65. The van der Waals surface area contributed by atoms with E-state index in [-0.39, 0.29) is 30.6 Å². The first-order chi connectivity index (χ1) is 13.6. The van der Waals surface area contributed by atoms with Gasteiger partial charge in [-0.15, -0.1) is 0 Å². The third-order valence-electron chi connectivity index (χ3n) is 5.15. The highest BCUT2D eigenvalue weighted by Crippen LogP contribution is 2.31. The monoisotopic (exact) mass is 383 g/mol. The van der Waals surface area contributed by atoms with Crippen molar-refractivity contribution in [1.29, 1.82) is 0 Å². The SMILES string of the molecule is O=C(CN1C(=O)CCOc2ccccc21)N1CCN(c2ccccc2F)CC1. The molecule has 2 aliphatic rings. The van der Waals surface area contributed by atoms with Crippen molar-refractivity contribution in [1.82, 2.24) is 4.90 Å². The van der Waals surface area contributed by atoms with Gasteiger partial charge in [0.25, 0.3) is 0 Å². The Labute approximate surface area is 163 Å². The summed E-state index contributed by atoms with van der Waals surface area (Å²) in [5, 5.41) is 0. The summed E-state index contributed by atoms with van der Waals surface area (Å²) in [6.45, 7) is 2.39. The summed E-state index contributed by atoms with van der Waals surface area (Å²) in [5.41, 5.74) is 1.19. The Balaban J connectivity index is 1.42. The van der Waals surface area contributed by atoms with Crippen molar-refractivity contribution < 1.29 is 18.7 Å². The van der Waals surface area contributed by atoms with Gasteiger partial charge in [0.15, 0.2) is 0 Å². The minimum atomic E-state index is -0.256. The quantitative estimate of drug-likeness (QED) is 0.816. The van der Waals surface area contributed by atoms with Gasteiger partial charge < -0.3 is 14.5 Å². The molecule has 0 saturated carbocycles. The van der Waals surface area contributed by atoms with Crippen LogP contribution in [0, 0.1) is 5.82 Å². The summed E-state index contributed by atoms with van der Waals surface area (Å²) in [4.78, 5) is 30.5. The minimum Gasteiger partial charge on any atom is -0.491 e. The first-order valence-electron chi connectivity index (χ1n) is 9.43. The second-order valence-corrected chi connectivity index (χ2v) is 6.87. The molecule has 2 aliphatic heterocycles. The zero-order chi connectivity index (χ0) is 19.5. The van der Waals surface area contributed by atoms with Crippen molar-refractivity contribution in [3.63, 3.8) is 0 Å². The maximum Gasteiger partial charge on any atom is 0.242 e. The lowest BCUT2D eigenvalue weighted by Gasteiger charge is -2.37. The van der Waals surface area contributed by atoms with Crippen LogP contribution < -0.4 is 14.5 Å². The number of anilines is 2. The van der Waals surface area contributed by atoms with E-state index >= 15 is 0 Å². The summed E-state index contributed by atoms with van der Waals surface area (Å²) in [5.74, 6) is 0.126. The van der Waals surface area contributed by atoms with Gasteiger partial charge in [-0.05, 0) is 24.3 Å². The summed E-state index contributed by atoms with van der Waals surface area (Å²) in [6, 6.07) is 13.9. The molecule has 1 saturated heterocycles. The zero-order valence-electron chi connectivity index (χ0n) is 15.5. The molecule has 28 heavy (non-hydrogen) atoms. The lowest BCUT2D eigenvalue weighted by Crippen LogP contribution is -2.52. The molecule has 2 amide bonds. The molecule has 2 heterocycles. The second-order valence-electron chi connectivity index (χ2n) is 6.87. The van der Waals surface area contributed by atoms with E-state index in [1.165, 1.54) is 11.0 Å². The van der Waals surface area contributed by atoms with E-state index in [0.29, 0.717) is 49.9 Å². The molecular weight excluding hydrogens is 361 g/mol. The molecule has 2 aromatic rings. The van der Waals surface area contributed by atoms with Gasteiger partial charge in [0, 0.05) is 26.2 Å². The van der Waals surface area contributed by atoms with Crippen LogP contribution in [-0.4, -0.2) is 56.0 Å². The van der Waals surface area contributed by atoms with Gasteiger partial charge in [-0.25, -0.2) is 4.39 Å². The number of carbonyl (C=O) groups excluding carboxylic acids is 2. The Morgan fingerprint density at radius 3 is 2.39 bits per heavy atom. The van der Waals surface area contributed by atoms with E-state index in [1.807, 2.05) is 17.0 Å². The number of para-hydroxylation sites is 3. The van der Waals surface area contributed by atoms with Crippen LogP contribution in [-0.2, 0) is 9.59 Å². The Morgan fingerprint density at radius 2 is 1.64 bits per heavy atom. The van der Waals surface area contributed by atoms with Crippen molar-refractivity contribution >= 4 is 23.2 Å². The van der Waals surface area contributed by atoms with Gasteiger partial charge in [-0.2, -0.15) is 0 Å². The number of benzene rings is 2. The Kier molecular flexibility index (Phi) is 5.14. The van der Waals surface area contributed by atoms with Crippen LogP contribution >= 0.6 is 0 Å². The number of hydrogen-bond donors (Lipinski definition) is 0. The molecule has 0 aliphatic carbocycles. The number of piperazine rings is 1. The second kappa shape index (κ2) is 7.88. The first kappa shape index (κ1) is 18.3. The highest BCUT2D eigenvalue weighted by Gasteiger charge is 2.29. The summed E-state index contributed by atoms with van der Waals surface area (Å²) in [7, 11) is 0. The van der Waals surface area contributed by atoms with Crippen molar-refractivity contribution in [3.05, 3.63) is 54.3 Å². The average molecular weight is 383 g/mol. The van der Waals surface area contributed by atoms with Crippen LogP contribution in [0.3, 0.4) is 0 Å². The van der Waals surface area contributed by atoms with E-state index in [2.05, 4.69) is 0 Å². The molecule has 0 spiro atoms. The van der Waals surface area contributed by atoms with Crippen LogP contribution in [0.5, 0.6) is 5.75 Å². The van der Waals surface area contributed by atoms with E-state index in [1.54, 1.807) is 35.2 Å². The Bertz CT molecular complexity index is 881. The number of rotatable bonds is 3. The van der Waals surface area contributed by atoms with E-state index in [9.17, 15) is 14.0 Å². The van der Waals surface area contributed by atoms with Crippen molar-refractivity contribution in [2.24, 2.45) is 0 Å². The smallest absolute Gasteiger partial charge is 0.242 e. The fraction of sp³-hybridized carbons (Fsp3) is 0.333. The fourth-order valence-corrected chi connectivity index (χ4v) is 3.63. The molecule has 2 aromatic carbocycles. The van der Waals surface area contributed by atoms with Gasteiger partial charge in [0.1, 0.15) is 18.1 Å². The number of carbonyl (C=O) groups is 2. The number of fused-ring (bicyclic) bond motifs is 1. The van der Waals surface area contributed by atoms with Gasteiger partial charge in [-0.3, -0.25) is 14.5 Å². The van der Waals surface area contributed by atoms with Crippen LogP contribution in [0.25, 0.3) is 0 Å². The third-order valence-corrected chi connectivity index (χ3v) is 5.15. The Hall–Kier alpha value is -3.09. The molecule has 0 atom stereocenters. The number of ether oxygens (including phenoxy) is 1. The summed E-state index contributed by atoms with van der Waals surface area (Å²) >= 11 is 0. The highest BCUT2D eigenvalue weighted by atomic mass is 19.1. The van der Waals surface area contributed by atoms with Gasteiger partial charge in [0.05, 0.1) is 24.4 Å². The number of halogens is 1. The molecule has 0 aromatic heterocycles. The molecule has 0 N–H and O–H groups in total. The maximum absolute atomic E-state index is 14.0. The molecular formula is C21H22FN3O3. The molecule has 0 bridgehead atoms. The molecule has 146 valence electrons. The molecule has 1 fully saturated rings. The predicted molar refractivity (Wildman–Crippen MR) is 104 cm³/mol. The van der Waals surface area contributed by atoms with Gasteiger partial charge >= 0.3 is 0 Å². The molecule has 0 radical (unpaired) electrons. The largest absolute Gasteiger partial charge is 0.491 e. The van der Waals surface area contributed by atoms with Crippen molar-refractivity contribution in [2.75, 3.05) is 49.1 Å². The molecule has 6 nitrogen and oxygen atoms in total. The number of amides is 2. The molecule has 4 rings (SSSR count). The Morgan fingerprint density at radius 1 is 0.964 bits per heavy atom. The van der Waals surface area contributed by atoms with Crippen LogP contribution in [0.15, 0.2) is 48.5 Å². The van der Waals surface area contributed by atoms with Gasteiger partial charge in [-0.1, -0.05) is 24.3 Å². The van der Waals surface area contributed by atoms with Crippen LogP contribution in [0.4, 0.5) is 15.8 Å². The maximum atomic E-state index is 14.0. The van der Waals surface area contributed by atoms with Crippen LogP contribution in [0.1, 0.15) is 6.42 Å². The first-order valence-corrected chi connectivity index (χ1v) is 9.43. The van der Waals surface area contributed by atoms with Crippen LogP contribution in [0.2, 0.25) is 0 Å².